The zero-order valence-corrected chi connectivity index (χ0v) is 12.4. The van der Waals surface area contributed by atoms with Gasteiger partial charge in [0.1, 0.15) is 5.82 Å². The average Bonchev–Trinajstić information content (AvgIpc) is 3.18. The van der Waals surface area contributed by atoms with Gasteiger partial charge in [0, 0.05) is 12.6 Å². The molecule has 0 heterocycles. The van der Waals surface area contributed by atoms with Gasteiger partial charge in [-0.1, -0.05) is 23.2 Å². The summed E-state index contributed by atoms with van der Waals surface area (Å²) in [4.78, 5) is 24.3. The summed E-state index contributed by atoms with van der Waals surface area (Å²) >= 11 is 11.7. The zero-order chi connectivity index (χ0) is 15.6. The van der Waals surface area contributed by atoms with Crippen molar-refractivity contribution >= 4 is 40.9 Å². The summed E-state index contributed by atoms with van der Waals surface area (Å²) in [5.41, 5.74) is 0.116. The molecule has 0 spiro atoms. The van der Waals surface area contributed by atoms with Gasteiger partial charge in [-0.2, -0.15) is 0 Å². The number of halogens is 3. The van der Waals surface area contributed by atoms with Gasteiger partial charge in [-0.3, -0.25) is 4.79 Å². The molecule has 8 heteroatoms. The lowest BCUT2D eigenvalue weighted by atomic mass is 10.3. The first kappa shape index (κ1) is 15.9. The van der Waals surface area contributed by atoms with Crippen molar-refractivity contribution in [3.8, 4) is 0 Å². The number of hydrogen-bond acceptors (Lipinski definition) is 2. The molecule has 0 atom stereocenters. The van der Waals surface area contributed by atoms with E-state index in [2.05, 4.69) is 5.32 Å². The van der Waals surface area contributed by atoms with Crippen LogP contribution in [-0.2, 0) is 4.79 Å². The number of nitrogens with zero attached hydrogens (tertiary/aromatic N) is 1. The SMILES string of the molecule is O=C(O)CCN(C(=O)Nc1c(Cl)cc(F)cc1Cl)C1CC1. The molecular weight excluding hydrogens is 322 g/mol. The smallest absolute Gasteiger partial charge is 0.322 e. The number of carbonyl (C=O) groups excluding carboxylic acids is 1. The van der Waals surface area contributed by atoms with Gasteiger partial charge < -0.3 is 15.3 Å². The molecule has 0 aromatic heterocycles. The lowest BCUT2D eigenvalue weighted by Crippen LogP contribution is -2.38. The molecule has 2 amide bonds. The predicted octanol–water partition coefficient (Wildman–Crippen LogP) is 3.60. The van der Waals surface area contributed by atoms with Crippen LogP contribution in [0.2, 0.25) is 10.0 Å². The van der Waals surface area contributed by atoms with Crippen molar-refractivity contribution in [2.24, 2.45) is 0 Å². The van der Waals surface area contributed by atoms with Gasteiger partial charge in [-0.15, -0.1) is 0 Å². The second-order valence-corrected chi connectivity index (χ2v) is 5.56. The van der Waals surface area contributed by atoms with Crippen LogP contribution >= 0.6 is 23.2 Å². The Labute approximate surface area is 130 Å². The number of amides is 2. The Morgan fingerprint density at radius 3 is 2.38 bits per heavy atom. The predicted molar refractivity (Wildman–Crippen MR) is 77.4 cm³/mol. The highest BCUT2D eigenvalue weighted by molar-refractivity contribution is 6.39. The van der Waals surface area contributed by atoms with Crippen molar-refractivity contribution in [3.63, 3.8) is 0 Å². The maximum atomic E-state index is 13.1. The van der Waals surface area contributed by atoms with E-state index in [4.69, 9.17) is 28.3 Å². The summed E-state index contributed by atoms with van der Waals surface area (Å²) in [7, 11) is 0. The molecular formula is C13H13Cl2FN2O3. The van der Waals surface area contributed by atoms with Crippen LogP contribution in [0.3, 0.4) is 0 Å². The Bertz CT molecular complexity index is 556. The normalized spacial score (nSPS) is 13.9. The summed E-state index contributed by atoms with van der Waals surface area (Å²) < 4.78 is 13.1. The molecule has 1 aliphatic rings. The van der Waals surface area contributed by atoms with E-state index in [0.29, 0.717) is 0 Å². The third kappa shape index (κ3) is 4.22. The summed E-state index contributed by atoms with van der Waals surface area (Å²) in [6.07, 6.45) is 1.52. The molecule has 1 aliphatic carbocycles. The Morgan fingerprint density at radius 2 is 1.90 bits per heavy atom. The van der Waals surface area contributed by atoms with Crippen LogP contribution in [0.5, 0.6) is 0 Å². The third-order valence-corrected chi connectivity index (χ3v) is 3.65. The van der Waals surface area contributed by atoms with Gasteiger partial charge in [0.25, 0.3) is 0 Å². The molecule has 1 fully saturated rings. The van der Waals surface area contributed by atoms with Gasteiger partial charge >= 0.3 is 12.0 Å². The minimum Gasteiger partial charge on any atom is -0.481 e. The Morgan fingerprint density at radius 1 is 1.33 bits per heavy atom. The van der Waals surface area contributed by atoms with E-state index in [1.165, 1.54) is 4.90 Å². The minimum absolute atomic E-state index is 0.0117. The molecule has 2 N–H and O–H groups in total. The fourth-order valence-corrected chi connectivity index (χ4v) is 2.45. The number of carboxylic acid groups (broad SMARTS) is 1. The van der Waals surface area contributed by atoms with E-state index in [1.807, 2.05) is 0 Å². The molecule has 2 rings (SSSR count). The monoisotopic (exact) mass is 334 g/mol. The lowest BCUT2D eigenvalue weighted by Gasteiger charge is -2.22. The van der Waals surface area contributed by atoms with E-state index in [0.717, 1.165) is 25.0 Å². The molecule has 0 bridgehead atoms. The van der Waals surface area contributed by atoms with Crippen LogP contribution in [0.4, 0.5) is 14.9 Å². The molecule has 21 heavy (non-hydrogen) atoms. The fourth-order valence-electron chi connectivity index (χ4n) is 1.89. The first-order chi connectivity index (χ1) is 9.88. The third-order valence-electron chi connectivity index (χ3n) is 3.05. The topological polar surface area (TPSA) is 69.6 Å². The Hall–Kier alpha value is -1.53. The number of carboxylic acids is 1. The van der Waals surface area contributed by atoms with Gasteiger partial charge in [-0.25, -0.2) is 9.18 Å². The van der Waals surface area contributed by atoms with E-state index >= 15 is 0 Å². The van der Waals surface area contributed by atoms with Crippen molar-refractivity contribution < 1.29 is 19.1 Å². The van der Waals surface area contributed by atoms with E-state index in [9.17, 15) is 14.0 Å². The van der Waals surface area contributed by atoms with Crippen molar-refractivity contribution in [1.82, 2.24) is 4.90 Å². The number of nitrogens with one attached hydrogen (secondary N) is 1. The minimum atomic E-state index is -0.980. The van der Waals surface area contributed by atoms with Crippen LogP contribution in [0, 0.1) is 5.82 Å². The van der Waals surface area contributed by atoms with Crippen molar-refractivity contribution in [2.75, 3.05) is 11.9 Å². The second kappa shape index (κ2) is 6.49. The quantitative estimate of drug-likeness (QED) is 0.864. The number of aliphatic carboxylic acids is 1. The van der Waals surface area contributed by atoms with Gasteiger partial charge in [0.15, 0.2) is 0 Å². The largest absolute Gasteiger partial charge is 0.481 e. The standard InChI is InChI=1S/C13H13Cl2FN2O3/c14-9-5-7(16)6-10(15)12(9)17-13(21)18(8-1-2-8)4-3-11(19)20/h5-6,8H,1-4H2,(H,17,21)(H,19,20). The molecule has 0 radical (unpaired) electrons. The number of carbonyl (C=O) groups is 2. The molecule has 1 aromatic carbocycles. The van der Waals surface area contributed by atoms with Crippen LogP contribution in [0.1, 0.15) is 19.3 Å². The molecule has 0 unspecified atom stereocenters. The number of benzene rings is 1. The van der Waals surface area contributed by atoms with Crippen molar-refractivity contribution in [1.29, 1.82) is 0 Å². The van der Waals surface area contributed by atoms with E-state index in [1.54, 1.807) is 0 Å². The number of hydrogen-bond donors (Lipinski definition) is 2. The highest BCUT2D eigenvalue weighted by Crippen LogP contribution is 2.33. The first-order valence-electron chi connectivity index (χ1n) is 6.32. The van der Waals surface area contributed by atoms with Crippen LogP contribution in [0.25, 0.3) is 0 Å². The van der Waals surface area contributed by atoms with E-state index in [-0.39, 0.29) is 34.7 Å². The fraction of sp³-hybridized carbons (Fsp3) is 0.385. The molecule has 114 valence electrons. The zero-order valence-electron chi connectivity index (χ0n) is 10.9. The van der Waals surface area contributed by atoms with Crippen molar-refractivity contribution in [3.05, 3.63) is 28.0 Å². The summed E-state index contributed by atoms with van der Waals surface area (Å²) in [6, 6.07) is 1.63. The number of rotatable bonds is 5. The van der Waals surface area contributed by atoms with Gasteiger partial charge in [-0.05, 0) is 25.0 Å². The molecule has 1 saturated carbocycles. The number of urea groups is 1. The molecule has 0 saturated heterocycles. The van der Waals surface area contributed by atoms with Crippen LogP contribution in [0.15, 0.2) is 12.1 Å². The highest BCUT2D eigenvalue weighted by Gasteiger charge is 2.33. The maximum absolute atomic E-state index is 13.1. The highest BCUT2D eigenvalue weighted by atomic mass is 35.5. The Balaban J connectivity index is 2.10. The molecule has 5 nitrogen and oxygen atoms in total. The van der Waals surface area contributed by atoms with Gasteiger partial charge in [0.2, 0.25) is 0 Å². The summed E-state index contributed by atoms with van der Waals surface area (Å²) in [5.74, 6) is -1.58. The lowest BCUT2D eigenvalue weighted by molar-refractivity contribution is -0.137. The summed E-state index contributed by atoms with van der Waals surface area (Å²) in [5, 5.41) is 11.2. The first-order valence-corrected chi connectivity index (χ1v) is 7.08. The van der Waals surface area contributed by atoms with E-state index < -0.39 is 17.8 Å². The molecule has 0 aliphatic heterocycles. The number of anilines is 1. The Kier molecular flexibility index (Phi) is 4.90. The van der Waals surface area contributed by atoms with Crippen LogP contribution in [-0.4, -0.2) is 34.6 Å². The van der Waals surface area contributed by atoms with Gasteiger partial charge in [0.05, 0.1) is 22.2 Å². The summed E-state index contributed by atoms with van der Waals surface area (Å²) in [6.45, 7) is 0.0995. The molecule has 1 aromatic rings. The maximum Gasteiger partial charge on any atom is 0.322 e. The second-order valence-electron chi connectivity index (χ2n) is 4.74. The van der Waals surface area contributed by atoms with Crippen LogP contribution < -0.4 is 5.32 Å². The van der Waals surface area contributed by atoms with Crippen molar-refractivity contribution in [2.45, 2.75) is 25.3 Å². The average molecular weight is 335 g/mol.